The number of Topliss-reactive ketones (excluding diaryl/α,β-unsaturated/α-hetero) is 2. The van der Waals surface area contributed by atoms with Gasteiger partial charge in [-0.1, -0.05) is 25.1 Å². The molecule has 156 valence electrons. The molecule has 2 aromatic rings. The molecule has 0 saturated heterocycles. The average molecular weight is 398 g/mol. The summed E-state index contributed by atoms with van der Waals surface area (Å²) >= 11 is 0. The predicted molar refractivity (Wildman–Crippen MR) is 116 cm³/mol. The van der Waals surface area contributed by atoms with Gasteiger partial charge in [0.25, 0.3) is 0 Å². The van der Waals surface area contributed by atoms with E-state index in [1.807, 2.05) is 49.9 Å². The summed E-state index contributed by atoms with van der Waals surface area (Å²) in [6.45, 7) is 11.6. The highest BCUT2D eigenvalue weighted by atomic mass is 16.2. The van der Waals surface area contributed by atoms with Crippen molar-refractivity contribution in [2.45, 2.75) is 54.0 Å². The van der Waals surface area contributed by atoms with E-state index in [0.29, 0.717) is 29.1 Å². The fourth-order valence-corrected chi connectivity index (χ4v) is 3.68. The molecule has 0 aliphatic rings. The molecule has 0 radical (unpaired) electrons. The number of carbonyl (C=O) groups excluding carboxylic acids is 3. The number of aryl methyl sites for hydroxylation is 2. The van der Waals surface area contributed by atoms with Gasteiger partial charge in [0.15, 0.2) is 11.6 Å². The molecule has 6 heteroatoms. The summed E-state index contributed by atoms with van der Waals surface area (Å²) in [5, 5.41) is 2.93. The molecule has 0 spiro atoms. The van der Waals surface area contributed by atoms with Gasteiger partial charge in [0.1, 0.15) is 0 Å². The molecule has 1 heterocycles. The Hall–Kier alpha value is -2.73. The minimum Gasteiger partial charge on any atom is -0.355 e. The van der Waals surface area contributed by atoms with Gasteiger partial charge in [0.2, 0.25) is 5.91 Å². The highest BCUT2D eigenvalue weighted by Crippen LogP contribution is 2.21. The highest BCUT2D eigenvalue weighted by molar-refractivity contribution is 6.05. The first-order valence-electron chi connectivity index (χ1n) is 10.0. The molecule has 2 rings (SSSR count). The number of carbonyl (C=O) groups is 3. The lowest BCUT2D eigenvalue weighted by atomic mass is 10.0. The predicted octanol–water partition coefficient (Wildman–Crippen LogP) is 4.06. The van der Waals surface area contributed by atoms with Crippen molar-refractivity contribution in [3.8, 4) is 0 Å². The van der Waals surface area contributed by atoms with E-state index in [1.54, 1.807) is 13.8 Å². The number of para-hydroxylation sites is 1. The van der Waals surface area contributed by atoms with Gasteiger partial charge in [0, 0.05) is 16.9 Å². The second-order valence-electron chi connectivity index (χ2n) is 7.55. The van der Waals surface area contributed by atoms with Crippen LogP contribution in [0.2, 0.25) is 0 Å². The molecule has 0 aliphatic carbocycles. The molecule has 1 amide bonds. The molecule has 1 aromatic carbocycles. The van der Waals surface area contributed by atoms with E-state index in [2.05, 4.69) is 10.3 Å². The van der Waals surface area contributed by atoms with Gasteiger partial charge in [-0.3, -0.25) is 19.3 Å². The largest absolute Gasteiger partial charge is 0.355 e. The Kier molecular flexibility index (Phi) is 7.51. The van der Waals surface area contributed by atoms with Crippen LogP contribution in [0.15, 0.2) is 24.3 Å². The third-order valence-corrected chi connectivity index (χ3v) is 5.24. The molecule has 0 saturated carbocycles. The lowest BCUT2D eigenvalue weighted by molar-refractivity contribution is -0.117. The van der Waals surface area contributed by atoms with Crippen LogP contribution in [0.4, 0.5) is 5.69 Å². The van der Waals surface area contributed by atoms with E-state index in [0.717, 1.165) is 17.7 Å². The summed E-state index contributed by atoms with van der Waals surface area (Å²) in [6.07, 6.45) is 0.816. The molecule has 0 aliphatic heterocycles. The molecule has 0 fully saturated rings. The molecular formula is C23H31N3O3. The first kappa shape index (κ1) is 22.6. The number of nitrogens with zero attached hydrogens (tertiary/aromatic N) is 1. The van der Waals surface area contributed by atoms with Crippen LogP contribution in [-0.4, -0.2) is 46.5 Å². The van der Waals surface area contributed by atoms with Crippen LogP contribution in [0.5, 0.6) is 0 Å². The topological polar surface area (TPSA) is 82.3 Å². The SMILES string of the molecule is CCCN(CC(=O)Nc1ccccc1C)C(C)C(=O)c1[nH]c(C)c(C(C)=O)c1C. The summed E-state index contributed by atoms with van der Waals surface area (Å²) in [6, 6.07) is 7.11. The Morgan fingerprint density at radius 2 is 1.79 bits per heavy atom. The Bertz CT molecular complexity index is 914. The number of aromatic amines is 1. The fourth-order valence-electron chi connectivity index (χ4n) is 3.68. The van der Waals surface area contributed by atoms with Crippen LogP contribution < -0.4 is 5.32 Å². The number of hydrogen-bond donors (Lipinski definition) is 2. The van der Waals surface area contributed by atoms with Crippen LogP contribution in [0.1, 0.15) is 64.9 Å². The van der Waals surface area contributed by atoms with E-state index in [9.17, 15) is 14.4 Å². The molecule has 1 aromatic heterocycles. The van der Waals surface area contributed by atoms with Crippen molar-refractivity contribution in [2.24, 2.45) is 0 Å². The van der Waals surface area contributed by atoms with Gasteiger partial charge >= 0.3 is 0 Å². The second kappa shape index (κ2) is 9.65. The van der Waals surface area contributed by atoms with Gasteiger partial charge in [0.05, 0.1) is 18.3 Å². The molecule has 6 nitrogen and oxygen atoms in total. The van der Waals surface area contributed by atoms with E-state index < -0.39 is 6.04 Å². The Balaban J connectivity index is 2.18. The summed E-state index contributed by atoms with van der Waals surface area (Å²) in [4.78, 5) is 42.6. The lowest BCUT2D eigenvalue weighted by Gasteiger charge is -2.27. The third kappa shape index (κ3) is 5.21. The molecular weight excluding hydrogens is 366 g/mol. The fraction of sp³-hybridized carbons (Fsp3) is 0.435. The number of rotatable bonds is 9. The number of ketones is 2. The normalized spacial score (nSPS) is 12.1. The second-order valence-corrected chi connectivity index (χ2v) is 7.55. The summed E-state index contributed by atoms with van der Waals surface area (Å²) in [5.41, 5.74) is 4.15. The summed E-state index contributed by atoms with van der Waals surface area (Å²) in [5.74, 6) is -0.336. The van der Waals surface area contributed by atoms with E-state index in [4.69, 9.17) is 0 Å². The smallest absolute Gasteiger partial charge is 0.238 e. The molecule has 2 N–H and O–H groups in total. The number of amides is 1. The highest BCUT2D eigenvalue weighted by Gasteiger charge is 2.28. The molecule has 1 unspecified atom stereocenters. The minimum atomic E-state index is -0.492. The Labute approximate surface area is 172 Å². The van der Waals surface area contributed by atoms with Crippen molar-refractivity contribution in [2.75, 3.05) is 18.4 Å². The zero-order valence-corrected chi connectivity index (χ0v) is 18.2. The van der Waals surface area contributed by atoms with Crippen LogP contribution in [0.3, 0.4) is 0 Å². The van der Waals surface area contributed by atoms with Gasteiger partial charge in [-0.15, -0.1) is 0 Å². The summed E-state index contributed by atoms with van der Waals surface area (Å²) < 4.78 is 0. The van der Waals surface area contributed by atoms with Crippen molar-refractivity contribution >= 4 is 23.2 Å². The quantitative estimate of drug-likeness (QED) is 0.625. The average Bonchev–Trinajstić information content (AvgIpc) is 2.96. The van der Waals surface area contributed by atoms with Crippen LogP contribution in [0.25, 0.3) is 0 Å². The first-order valence-corrected chi connectivity index (χ1v) is 10.0. The molecule has 29 heavy (non-hydrogen) atoms. The van der Waals surface area contributed by atoms with Crippen LogP contribution in [-0.2, 0) is 4.79 Å². The number of aromatic nitrogens is 1. The maximum Gasteiger partial charge on any atom is 0.238 e. The van der Waals surface area contributed by atoms with Crippen molar-refractivity contribution in [3.63, 3.8) is 0 Å². The van der Waals surface area contributed by atoms with Crippen LogP contribution >= 0.6 is 0 Å². The Morgan fingerprint density at radius 3 is 2.34 bits per heavy atom. The molecule has 0 bridgehead atoms. The van der Waals surface area contributed by atoms with E-state index in [-0.39, 0.29) is 24.0 Å². The number of nitrogens with one attached hydrogen (secondary N) is 2. The Morgan fingerprint density at radius 1 is 1.14 bits per heavy atom. The monoisotopic (exact) mass is 397 g/mol. The number of H-pyrrole nitrogens is 1. The third-order valence-electron chi connectivity index (χ3n) is 5.24. The maximum atomic E-state index is 13.1. The number of anilines is 1. The van der Waals surface area contributed by atoms with E-state index in [1.165, 1.54) is 6.92 Å². The van der Waals surface area contributed by atoms with Gasteiger partial charge in [-0.05, 0) is 64.8 Å². The maximum absolute atomic E-state index is 13.1. The van der Waals surface area contributed by atoms with Crippen molar-refractivity contribution < 1.29 is 14.4 Å². The van der Waals surface area contributed by atoms with Crippen molar-refractivity contribution in [3.05, 3.63) is 52.3 Å². The summed E-state index contributed by atoms with van der Waals surface area (Å²) in [7, 11) is 0. The first-order chi connectivity index (χ1) is 13.7. The van der Waals surface area contributed by atoms with Gasteiger partial charge in [-0.25, -0.2) is 0 Å². The molecule has 1 atom stereocenters. The zero-order valence-electron chi connectivity index (χ0n) is 18.2. The zero-order chi connectivity index (χ0) is 21.7. The number of benzene rings is 1. The van der Waals surface area contributed by atoms with Crippen molar-refractivity contribution in [1.29, 1.82) is 0 Å². The van der Waals surface area contributed by atoms with Gasteiger partial charge < -0.3 is 10.3 Å². The van der Waals surface area contributed by atoms with E-state index >= 15 is 0 Å². The minimum absolute atomic E-state index is 0.0639. The lowest BCUT2D eigenvalue weighted by Crippen LogP contribution is -2.44. The number of hydrogen-bond acceptors (Lipinski definition) is 4. The van der Waals surface area contributed by atoms with Crippen LogP contribution in [0, 0.1) is 20.8 Å². The van der Waals surface area contributed by atoms with Gasteiger partial charge in [-0.2, -0.15) is 0 Å². The standard InChI is InChI=1S/C23H31N3O3/c1-7-12-26(13-20(28)25-19-11-9-8-10-14(19)2)17(5)23(29)22-15(3)21(18(6)27)16(4)24-22/h8-11,17,24H,7,12-13H2,1-6H3,(H,25,28). The van der Waals surface area contributed by atoms with Crippen molar-refractivity contribution in [1.82, 2.24) is 9.88 Å².